The lowest BCUT2D eigenvalue weighted by Crippen LogP contribution is -2.41. The molecule has 0 aliphatic carbocycles. The molecule has 14 nitrogen and oxygen atoms in total. The minimum atomic E-state index is -3.60. The Morgan fingerprint density at radius 2 is 0.792 bits per heavy atom. The minimum absolute atomic E-state index is 0. The molecular weight excluding hydrogens is 359 g/mol. The first-order valence-electron chi connectivity index (χ1n) is 5.30. The lowest BCUT2D eigenvalue weighted by Gasteiger charge is -2.15. The molecule has 24 heavy (non-hydrogen) atoms. The second-order valence-electron chi connectivity index (χ2n) is 3.63. The van der Waals surface area contributed by atoms with Crippen LogP contribution in [0.4, 0.5) is 0 Å². The predicted octanol–water partition coefficient (Wildman–Crippen LogP) is -6.38. The third-order valence-corrected chi connectivity index (χ3v) is 2.93. The van der Waals surface area contributed by atoms with Gasteiger partial charge in [-0.15, -0.1) is 0 Å². The van der Waals surface area contributed by atoms with Gasteiger partial charge in [0.1, 0.15) is 18.3 Å². The highest BCUT2D eigenvalue weighted by atomic mass is 27.3. The molecule has 0 saturated carbocycles. The summed E-state index contributed by atoms with van der Waals surface area (Å²) in [5.74, 6) is -3.48. The molecule has 3 atom stereocenters. The highest BCUT2D eigenvalue weighted by molar-refractivity contribution is 6.44. The molecule has 0 bridgehead atoms. The number of aliphatic hydroxyl groups is 3. The Kier molecular flexibility index (Phi) is 28.7. The highest BCUT2D eigenvalue weighted by Gasteiger charge is 2.50. The second kappa shape index (κ2) is 18.0. The van der Waals surface area contributed by atoms with Crippen LogP contribution in [0.25, 0.3) is 0 Å². The van der Waals surface area contributed by atoms with Crippen molar-refractivity contribution in [3.05, 3.63) is 0 Å². The molecule has 148 valence electrons. The maximum atomic E-state index is 11.1. The molecule has 13 N–H and O–H groups in total. The summed E-state index contributed by atoms with van der Waals surface area (Å²) in [7, 11) is 0. The van der Waals surface area contributed by atoms with Gasteiger partial charge in [0.15, 0.2) is 0 Å². The van der Waals surface area contributed by atoms with Crippen LogP contribution in [-0.4, -0.2) is 94.1 Å². The Morgan fingerprint density at radius 3 is 0.917 bits per heavy atom. The maximum absolute atomic E-state index is 11.1. The van der Waals surface area contributed by atoms with Crippen molar-refractivity contribution in [1.29, 1.82) is 0 Å². The Morgan fingerprint density at radius 1 is 0.625 bits per heavy atom. The van der Waals surface area contributed by atoms with E-state index in [2.05, 4.69) is 11.4 Å². The summed E-state index contributed by atoms with van der Waals surface area (Å²) in [4.78, 5) is 33.3. The molecule has 0 amide bonds. The molecule has 0 spiro atoms. The van der Waals surface area contributed by atoms with E-state index < -0.39 is 51.4 Å². The molecule has 0 saturated heterocycles. The summed E-state index contributed by atoms with van der Waals surface area (Å²) in [6.45, 7) is 3.29. The standard InChI is InChI=1S/3C3H6O3.Al.5H2O/c3*1-2(4)3(5)6;;;;;;/h3*2,4H,1H3,(H,5,6);;5*1H2/q;;;+3;;;;;/p-3. The Labute approximate surface area is 141 Å². The molecule has 0 aliphatic heterocycles. The van der Waals surface area contributed by atoms with Crippen LogP contribution in [-0.2, 0) is 25.7 Å². The largest absolute Gasteiger partial charge is 1.20 e. The maximum Gasteiger partial charge on any atom is 1.20 e. The van der Waals surface area contributed by atoms with Crippen molar-refractivity contribution in [2.75, 3.05) is 0 Å². The van der Waals surface area contributed by atoms with Crippen LogP contribution >= 0.6 is 0 Å². The van der Waals surface area contributed by atoms with Crippen molar-refractivity contribution < 1.29 is 68.4 Å². The van der Waals surface area contributed by atoms with Crippen molar-refractivity contribution in [2.24, 2.45) is 0 Å². The van der Waals surface area contributed by atoms with Crippen LogP contribution in [0.2, 0.25) is 0 Å². The van der Waals surface area contributed by atoms with E-state index >= 15 is 0 Å². The van der Waals surface area contributed by atoms with E-state index in [1.54, 1.807) is 0 Å². The summed E-state index contributed by atoms with van der Waals surface area (Å²) < 4.78 is 13.5. The lowest BCUT2D eigenvalue weighted by molar-refractivity contribution is -0.157. The van der Waals surface area contributed by atoms with Crippen molar-refractivity contribution >= 4 is 33.1 Å². The molecule has 0 radical (unpaired) electrons. The fourth-order valence-electron chi connectivity index (χ4n) is 0.652. The SMILES string of the molecule is CC(O)C(=O)[O][Al]([O]C(=O)C(C)O)[O]C(=O)C(C)O.O.O.O.O.O. The van der Waals surface area contributed by atoms with E-state index in [0.29, 0.717) is 0 Å². The molecule has 0 aromatic carbocycles. The van der Waals surface area contributed by atoms with Crippen molar-refractivity contribution in [3.8, 4) is 0 Å². The number of carbonyl (C=O) groups is 3. The average molecular weight is 384 g/mol. The van der Waals surface area contributed by atoms with Gasteiger partial charge >= 0.3 is 33.1 Å². The fourth-order valence-corrected chi connectivity index (χ4v) is 1.96. The monoisotopic (exact) mass is 384 g/mol. The molecular formula is C9H25AlO14. The molecule has 0 fully saturated rings. The number of hydrogen-bond acceptors (Lipinski definition) is 9. The van der Waals surface area contributed by atoms with E-state index in [1.807, 2.05) is 0 Å². The Bertz CT molecular complexity index is 291. The van der Waals surface area contributed by atoms with Gasteiger partial charge in [0.2, 0.25) is 0 Å². The summed E-state index contributed by atoms with van der Waals surface area (Å²) in [6, 6.07) is 0. The zero-order valence-corrected chi connectivity index (χ0v) is 14.3. The first kappa shape index (κ1) is 38.3. The minimum Gasteiger partial charge on any atom is -0.549 e. The molecule has 0 heterocycles. The van der Waals surface area contributed by atoms with Gasteiger partial charge in [-0.05, 0) is 20.8 Å². The fraction of sp³-hybridized carbons (Fsp3) is 0.667. The number of carbonyl (C=O) groups excluding carboxylic acids is 3. The van der Waals surface area contributed by atoms with E-state index in [4.69, 9.17) is 15.3 Å². The zero-order valence-electron chi connectivity index (χ0n) is 13.1. The van der Waals surface area contributed by atoms with Crippen molar-refractivity contribution in [2.45, 2.75) is 39.1 Å². The van der Waals surface area contributed by atoms with Gasteiger partial charge in [-0.3, -0.25) is 14.4 Å². The summed E-state index contributed by atoms with van der Waals surface area (Å²) >= 11 is -3.60. The molecule has 3 unspecified atom stereocenters. The molecule has 0 aromatic rings. The Hall–Kier alpha value is -1.38. The summed E-state index contributed by atoms with van der Waals surface area (Å²) in [6.07, 6.45) is -4.53. The third kappa shape index (κ3) is 15.5. The average Bonchev–Trinajstić information content (AvgIpc) is 2.27. The first-order chi connectivity index (χ1) is 8.65. The van der Waals surface area contributed by atoms with E-state index in [-0.39, 0.29) is 27.4 Å². The van der Waals surface area contributed by atoms with Gasteiger partial charge in [0.25, 0.3) is 0 Å². The topological polar surface area (TPSA) is 297 Å². The first-order valence-corrected chi connectivity index (χ1v) is 6.72. The third-order valence-electron chi connectivity index (χ3n) is 1.66. The molecule has 0 aromatic heterocycles. The number of aliphatic hydroxyl groups excluding tert-OH is 3. The summed E-state index contributed by atoms with van der Waals surface area (Å²) in [5.41, 5.74) is 0. The van der Waals surface area contributed by atoms with E-state index in [0.717, 1.165) is 20.8 Å². The molecule has 15 heteroatoms. The van der Waals surface area contributed by atoms with Gasteiger partial charge in [-0.2, -0.15) is 0 Å². The van der Waals surface area contributed by atoms with E-state index in [1.165, 1.54) is 0 Å². The summed E-state index contributed by atoms with van der Waals surface area (Å²) in [5, 5.41) is 26.8. The number of rotatable bonds is 6. The van der Waals surface area contributed by atoms with Crippen LogP contribution in [0.5, 0.6) is 0 Å². The molecule has 0 rings (SSSR count). The van der Waals surface area contributed by atoms with Crippen LogP contribution < -0.4 is 0 Å². The Balaban J connectivity index is -0.000000162. The highest BCUT2D eigenvalue weighted by Crippen LogP contribution is 2.01. The van der Waals surface area contributed by atoms with Gasteiger partial charge in [-0.25, -0.2) is 0 Å². The van der Waals surface area contributed by atoms with Crippen molar-refractivity contribution in [1.82, 2.24) is 0 Å². The predicted molar refractivity (Wildman–Crippen MR) is 77.1 cm³/mol. The smallest absolute Gasteiger partial charge is 0.549 e. The number of hydrogen-bond donors (Lipinski definition) is 3. The van der Waals surface area contributed by atoms with Crippen LogP contribution in [0.1, 0.15) is 20.8 Å². The van der Waals surface area contributed by atoms with Crippen LogP contribution in [0.3, 0.4) is 0 Å². The van der Waals surface area contributed by atoms with Gasteiger partial charge in [-0.1, -0.05) is 0 Å². The van der Waals surface area contributed by atoms with Crippen molar-refractivity contribution in [3.63, 3.8) is 0 Å². The van der Waals surface area contributed by atoms with Gasteiger partial charge in [0.05, 0.1) is 0 Å². The zero-order chi connectivity index (χ0) is 15.2. The van der Waals surface area contributed by atoms with E-state index in [9.17, 15) is 14.4 Å². The lowest BCUT2D eigenvalue weighted by atomic mass is 10.4. The van der Waals surface area contributed by atoms with Gasteiger partial charge in [0, 0.05) is 0 Å². The van der Waals surface area contributed by atoms with Gasteiger partial charge < -0.3 is 54.1 Å². The van der Waals surface area contributed by atoms with Crippen LogP contribution in [0, 0.1) is 0 Å². The van der Waals surface area contributed by atoms with Crippen LogP contribution in [0.15, 0.2) is 0 Å². The normalized spacial score (nSPS) is 11.8. The molecule has 0 aliphatic rings. The second-order valence-corrected chi connectivity index (χ2v) is 4.91. The quantitative estimate of drug-likeness (QED) is 0.366.